The lowest BCUT2D eigenvalue weighted by atomic mass is 9.91. The molecule has 2 heteroatoms. The molecule has 1 aromatic rings. The van der Waals surface area contributed by atoms with Crippen LogP contribution in [0.5, 0.6) is 5.75 Å². The molecule has 0 spiro atoms. The third-order valence-corrected chi connectivity index (χ3v) is 4.11. The van der Waals surface area contributed by atoms with E-state index >= 15 is 0 Å². The molecule has 0 amide bonds. The molecule has 0 radical (unpaired) electrons. The van der Waals surface area contributed by atoms with E-state index in [1.165, 1.54) is 44.1 Å². The molecule has 1 aromatic carbocycles. The summed E-state index contributed by atoms with van der Waals surface area (Å²) >= 11 is 0. The average molecular weight is 287 g/mol. The normalized spacial score (nSPS) is 20.0. The van der Waals surface area contributed by atoms with Crippen LogP contribution in [-0.2, 0) is 0 Å². The highest BCUT2D eigenvalue weighted by Gasteiger charge is 2.16. The van der Waals surface area contributed by atoms with E-state index in [-0.39, 0.29) is 0 Å². The Bertz CT molecular complexity index is 453. The second-order valence-electron chi connectivity index (χ2n) is 5.73. The van der Waals surface area contributed by atoms with Gasteiger partial charge >= 0.3 is 0 Å². The fourth-order valence-electron chi connectivity index (χ4n) is 3.10. The van der Waals surface area contributed by atoms with Crippen molar-refractivity contribution in [3.8, 4) is 5.75 Å². The van der Waals surface area contributed by atoms with Gasteiger partial charge in [0.1, 0.15) is 5.75 Å². The van der Waals surface area contributed by atoms with E-state index in [1.54, 1.807) is 5.57 Å². The van der Waals surface area contributed by atoms with Crippen molar-refractivity contribution in [3.05, 3.63) is 41.5 Å². The summed E-state index contributed by atoms with van der Waals surface area (Å²) in [6, 6.07) is 8.90. The monoisotopic (exact) mass is 287 g/mol. The number of rotatable bonds is 6. The van der Waals surface area contributed by atoms with Crippen molar-refractivity contribution in [3.63, 3.8) is 0 Å². The molecule has 0 bridgehead atoms. The molecule has 1 aliphatic rings. The van der Waals surface area contributed by atoms with Gasteiger partial charge in [-0.1, -0.05) is 43.5 Å². The topological polar surface area (TPSA) is 21.3 Å². The number of likely N-dealkylation sites (N-methyl/N-ethyl adjacent to an activating group) is 1. The second kappa shape index (κ2) is 8.89. The highest BCUT2D eigenvalue weighted by molar-refractivity contribution is 5.35. The number of hydrogen-bond acceptors (Lipinski definition) is 2. The lowest BCUT2D eigenvalue weighted by molar-refractivity contribution is 0.339. The molecule has 1 atom stereocenters. The van der Waals surface area contributed by atoms with Crippen molar-refractivity contribution >= 4 is 0 Å². The Labute approximate surface area is 129 Å². The summed E-state index contributed by atoms with van der Waals surface area (Å²) in [5, 5.41) is 3.66. The lowest BCUT2D eigenvalue weighted by Gasteiger charge is -2.24. The molecular formula is C19H29NO. The van der Waals surface area contributed by atoms with Crippen LogP contribution in [0.15, 0.2) is 35.9 Å². The number of ether oxygens (including phenoxy) is 1. The van der Waals surface area contributed by atoms with Gasteiger partial charge in [-0.2, -0.15) is 0 Å². The van der Waals surface area contributed by atoms with E-state index in [0.29, 0.717) is 6.04 Å². The van der Waals surface area contributed by atoms with Gasteiger partial charge in [-0.05, 0) is 56.8 Å². The molecule has 21 heavy (non-hydrogen) atoms. The van der Waals surface area contributed by atoms with Gasteiger partial charge in [0.15, 0.2) is 0 Å². The van der Waals surface area contributed by atoms with Gasteiger partial charge in [-0.25, -0.2) is 0 Å². The lowest BCUT2D eigenvalue weighted by Crippen LogP contribution is -2.23. The minimum atomic E-state index is 0.341. The Morgan fingerprint density at radius 1 is 1.14 bits per heavy atom. The molecular weight excluding hydrogens is 258 g/mol. The standard InChI is InChI=1S/C19H29NO/c1-3-20-19(16-11-8-6-5-7-9-12-16)17-13-10-14-18(15-17)21-4-2/h10-11,13-15,19-20H,3-9,12H2,1-2H3/b16-11+. The van der Waals surface area contributed by atoms with Crippen LogP contribution in [-0.4, -0.2) is 13.2 Å². The average Bonchev–Trinajstić information content (AvgIpc) is 2.46. The zero-order valence-electron chi connectivity index (χ0n) is 13.5. The van der Waals surface area contributed by atoms with E-state index in [4.69, 9.17) is 4.74 Å². The quantitative estimate of drug-likeness (QED) is 0.742. The summed E-state index contributed by atoms with van der Waals surface area (Å²) in [6.45, 7) is 5.92. The largest absolute Gasteiger partial charge is 0.494 e. The smallest absolute Gasteiger partial charge is 0.119 e. The molecule has 0 aromatic heterocycles. The van der Waals surface area contributed by atoms with E-state index in [9.17, 15) is 0 Å². The van der Waals surface area contributed by atoms with Gasteiger partial charge in [0.2, 0.25) is 0 Å². The SMILES string of the molecule is CCNC(/C1=C/CCCCCC1)c1cccc(OCC)c1. The van der Waals surface area contributed by atoms with Crippen molar-refractivity contribution < 1.29 is 4.74 Å². The molecule has 1 N–H and O–H groups in total. The van der Waals surface area contributed by atoms with Gasteiger partial charge in [0.05, 0.1) is 12.6 Å². The van der Waals surface area contributed by atoms with Crippen molar-refractivity contribution in [1.82, 2.24) is 5.32 Å². The molecule has 0 aliphatic heterocycles. The maximum absolute atomic E-state index is 5.66. The minimum Gasteiger partial charge on any atom is -0.494 e. The molecule has 0 saturated carbocycles. The summed E-state index contributed by atoms with van der Waals surface area (Å²) in [7, 11) is 0. The molecule has 0 fully saturated rings. The van der Waals surface area contributed by atoms with E-state index in [0.717, 1.165) is 18.9 Å². The van der Waals surface area contributed by atoms with Crippen molar-refractivity contribution in [1.29, 1.82) is 0 Å². The van der Waals surface area contributed by atoms with Gasteiger partial charge in [-0.15, -0.1) is 0 Å². The molecule has 0 heterocycles. The minimum absolute atomic E-state index is 0.341. The van der Waals surface area contributed by atoms with Gasteiger partial charge in [0, 0.05) is 0 Å². The molecule has 1 unspecified atom stereocenters. The van der Waals surface area contributed by atoms with Crippen molar-refractivity contribution in [2.24, 2.45) is 0 Å². The summed E-state index contributed by atoms with van der Waals surface area (Å²) in [5.41, 5.74) is 2.89. The summed E-state index contributed by atoms with van der Waals surface area (Å²) in [5.74, 6) is 0.976. The predicted molar refractivity (Wildman–Crippen MR) is 89.8 cm³/mol. The first-order valence-corrected chi connectivity index (χ1v) is 8.50. The first kappa shape index (κ1) is 16.1. The molecule has 116 valence electrons. The zero-order valence-corrected chi connectivity index (χ0v) is 13.5. The van der Waals surface area contributed by atoms with Crippen LogP contribution in [0.25, 0.3) is 0 Å². The first-order chi connectivity index (χ1) is 10.3. The third-order valence-electron chi connectivity index (χ3n) is 4.11. The Hall–Kier alpha value is -1.28. The van der Waals surface area contributed by atoms with E-state index in [2.05, 4.69) is 36.5 Å². The van der Waals surface area contributed by atoms with E-state index in [1.807, 2.05) is 13.0 Å². The molecule has 0 saturated heterocycles. The van der Waals surface area contributed by atoms with Crippen LogP contribution >= 0.6 is 0 Å². The van der Waals surface area contributed by atoms with Gasteiger partial charge < -0.3 is 10.1 Å². The maximum atomic E-state index is 5.66. The summed E-state index contributed by atoms with van der Waals surface area (Å²) < 4.78 is 5.66. The predicted octanol–water partition coefficient (Wildman–Crippen LogP) is 5.02. The van der Waals surface area contributed by atoms with Crippen molar-refractivity contribution in [2.75, 3.05) is 13.2 Å². The van der Waals surface area contributed by atoms with Crippen LogP contribution in [0.3, 0.4) is 0 Å². The fourth-order valence-corrected chi connectivity index (χ4v) is 3.10. The maximum Gasteiger partial charge on any atom is 0.119 e. The van der Waals surface area contributed by atoms with Gasteiger partial charge in [-0.3, -0.25) is 0 Å². The summed E-state index contributed by atoms with van der Waals surface area (Å²) in [6.07, 6.45) is 10.3. The highest BCUT2D eigenvalue weighted by Crippen LogP contribution is 2.30. The summed E-state index contributed by atoms with van der Waals surface area (Å²) in [4.78, 5) is 0. The van der Waals surface area contributed by atoms with Crippen LogP contribution in [0.4, 0.5) is 0 Å². The number of hydrogen-bond donors (Lipinski definition) is 1. The van der Waals surface area contributed by atoms with Gasteiger partial charge in [0.25, 0.3) is 0 Å². The second-order valence-corrected chi connectivity index (χ2v) is 5.73. The first-order valence-electron chi connectivity index (χ1n) is 8.50. The number of nitrogens with one attached hydrogen (secondary N) is 1. The Balaban J connectivity index is 2.22. The molecule has 1 aliphatic carbocycles. The Morgan fingerprint density at radius 2 is 2.00 bits per heavy atom. The van der Waals surface area contributed by atoms with Crippen molar-refractivity contribution in [2.45, 2.75) is 58.4 Å². The van der Waals surface area contributed by atoms with Crippen LogP contribution < -0.4 is 10.1 Å². The zero-order chi connectivity index (χ0) is 14.9. The van der Waals surface area contributed by atoms with Crippen LogP contribution in [0.2, 0.25) is 0 Å². The third kappa shape index (κ3) is 4.89. The van der Waals surface area contributed by atoms with E-state index < -0.39 is 0 Å². The number of allylic oxidation sites excluding steroid dienone is 1. The Kier molecular flexibility index (Phi) is 6.81. The molecule has 2 rings (SSSR count). The van der Waals surface area contributed by atoms with Crippen LogP contribution in [0.1, 0.15) is 64.0 Å². The Morgan fingerprint density at radius 3 is 2.81 bits per heavy atom. The highest BCUT2D eigenvalue weighted by atomic mass is 16.5. The van der Waals surface area contributed by atoms with Crippen LogP contribution in [0, 0.1) is 0 Å². The number of benzene rings is 1. The molecule has 2 nitrogen and oxygen atoms in total. The fraction of sp³-hybridized carbons (Fsp3) is 0.579.